The highest BCUT2D eigenvalue weighted by Crippen LogP contribution is 2.40. The smallest absolute Gasteiger partial charge is 0.231 e. The average molecular weight is 447 g/mol. The van der Waals surface area contributed by atoms with E-state index < -0.39 is 0 Å². The summed E-state index contributed by atoms with van der Waals surface area (Å²) >= 11 is 0. The van der Waals surface area contributed by atoms with Gasteiger partial charge >= 0.3 is 0 Å². The van der Waals surface area contributed by atoms with Crippen LogP contribution in [-0.2, 0) is 13.0 Å². The van der Waals surface area contributed by atoms with E-state index in [2.05, 4.69) is 28.0 Å². The number of fused-ring (bicyclic) bond motifs is 3. The van der Waals surface area contributed by atoms with Crippen LogP contribution in [0.15, 0.2) is 60.7 Å². The molecule has 3 aromatic carbocycles. The molecule has 3 aliphatic heterocycles. The van der Waals surface area contributed by atoms with Crippen molar-refractivity contribution >= 4 is 11.4 Å². The fraction of sp³-hybridized carbons (Fsp3) is 0.333. The monoisotopic (exact) mass is 446 g/mol. The van der Waals surface area contributed by atoms with E-state index >= 15 is 0 Å². The normalized spacial score (nSPS) is 19.1. The van der Waals surface area contributed by atoms with Crippen molar-refractivity contribution in [1.29, 1.82) is 0 Å². The van der Waals surface area contributed by atoms with Gasteiger partial charge in [-0.15, -0.1) is 0 Å². The molecule has 0 radical (unpaired) electrons. The predicted molar refractivity (Wildman–Crippen MR) is 125 cm³/mol. The number of hydrogen-bond donors (Lipinski definition) is 0. The first-order valence-electron chi connectivity index (χ1n) is 11.6. The Balaban J connectivity index is 1.23. The van der Waals surface area contributed by atoms with Gasteiger partial charge in [0.05, 0.1) is 5.69 Å². The molecule has 1 saturated heterocycles. The summed E-state index contributed by atoms with van der Waals surface area (Å²) in [5.41, 5.74) is 4.23. The van der Waals surface area contributed by atoms with E-state index in [1.807, 2.05) is 30.3 Å². The number of para-hydroxylation sites is 2. The molecule has 5 nitrogen and oxygen atoms in total. The second-order valence-corrected chi connectivity index (χ2v) is 8.91. The van der Waals surface area contributed by atoms with Crippen LogP contribution in [0.2, 0.25) is 0 Å². The number of ether oxygens (including phenoxy) is 3. The molecule has 0 saturated carbocycles. The molecule has 1 fully saturated rings. The lowest BCUT2D eigenvalue weighted by Crippen LogP contribution is -2.39. The summed E-state index contributed by atoms with van der Waals surface area (Å²) in [6.45, 7) is 3.61. The number of halogens is 1. The summed E-state index contributed by atoms with van der Waals surface area (Å²) in [6, 6.07) is 19.8. The molecule has 3 aromatic rings. The molecule has 1 atom stereocenters. The minimum atomic E-state index is -0.227. The van der Waals surface area contributed by atoms with E-state index in [4.69, 9.17) is 14.2 Å². The standard InChI is InChI=1S/C27H27FN2O3/c28-21-8-9-23-20(15-21)17-31-25-6-2-1-5-24(25)30(23)16-22-4-3-12-29(22)13-11-19-7-10-26-27(14-19)33-18-32-26/h1-2,5-10,14-15,22H,3-4,11-13,16-18H2. The first-order chi connectivity index (χ1) is 16.2. The van der Waals surface area contributed by atoms with Crippen LogP contribution in [0.4, 0.5) is 15.8 Å². The molecule has 6 rings (SSSR count). The van der Waals surface area contributed by atoms with Crippen molar-refractivity contribution in [2.75, 3.05) is 31.3 Å². The quantitative estimate of drug-likeness (QED) is 0.532. The van der Waals surface area contributed by atoms with E-state index in [0.717, 1.165) is 66.7 Å². The first kappa shape index (κ1) is 20.4. The van der Waals surface area contributed by atoms with Gasteiger partial charge in [-0.1, -0.05) is 18.2 Å². The SMILES string of the molecule is Fc1ccc2c(c1)COc1ccccc1N2CC1CCCN1CCc1ccc2c(c1)OCO2. The number of anilines is 2. The van der Waals surface area contributed by atoms with Gasteiger partial charge in [0.2, 0.25) is 6.79 Å². The molecule has 3 aliphatic rings. The van der Waals surface area contributed by atoms with E-state index in [1.165, 1.54) is 12.0 Å². The van der Waals surface area contributed by atoms with E-state index in [0.29, 0.717) is 19.4 Å². The second-order valence-electron chi connectivity index (χ2n) is 8.91. The molecule has 3 heterocycles. The lowest BCUT2D eigenvalue weighted by Gasteiger charge is -2.32. The van der Waals surface area contributed by atoms with Gasteiger partial charge in [0.1, 0.15) is 18.2 Å². The Morgan fingerprint density at radius 1 is 0.879 bits per heavy atom. The summed E-state index contributed by atoms with van der Waals surface area (Å²) < 4.78 is 31.0. The molecule has 0 N–H and O–H groups in total. The molecule has 1 unspecified atom stereocenters. The van der Waals surface area contributed by atoms with Crippen molar-refractivity contribution in [2.45, 2.75) is 31.9 Å². The van der Waals surface area contributed by atoms with Crippen LogP contribution < -0.4 is 19.1 Å². The van der Waals surface area contributed by atoms with E-state index in [1.54, 1.807) is 12.1 Å². The Morgan fingerprint density at radius 2 is 1.79 bits per heavy atom. The topological polar surface area (TPSA) is 34.2 Å². The number of benzene rings is 3. The van der Waals surface area contributed by atoms with Crippen LogP contribution in [-0.4, -0.2) is 37.4 Å². The zero-order valence-electron chi connectivity index (χ0n) is 18.5. The van der Waals surface area contributed by atoms with E-state index in [-0.39, 0.29) is 5.82 Å². The van der Waals surface area contributed by atoms with Crippen LogP contribution in [0, 0.1) is 5.82 Å². The Morgan fingerprint density at radius 3 is 2.76 bits per heavy atom. The van der Waals surface area contributed by atoms with Crippen molar-refractivity contribution in [3.8, 4) is 17.2 Å². The molecular weight excluding hydrogens is 419 g/mol. The molecule has 0 aromatic heterocycles. The van der Waals surface area contributed by atoms with E-state index in [9.17, 15) is 4.39 Å². The van der Waals surface area contributed by atoms with Gasteiger partial charge in [0.25, 0.3) is 0 Å². The number of rotatable bonds is 5. The van der Waals surface area contributed by atoms with Gasteiger partial charge in [-0.3, -0.25) is 4.90 Å². The van der Waals surface area contributed by atoms with Crippen molar-refractivity contribution in [2.24, 2.45) is 0 Å². The summed E-state index contributed by atoms with van der Waals surface area (Å²) in [5.74, 6) is 2.29. The Hall–Kier alpha value is -3.25. The third kappa shape index (κ3) is 4.00. The minimum absolute atomic E-state index is 0.227. The predicted octanol–water partition coefficient (Wildman–Crippen LogP) is 5.29. The Labute approximate surface area is 193 Å². The van der Waals surface area contributed by atoms with Crippen molar-refractivity contribution in [3.63, 3.8) is 0 Å². The van der Waals surface area contributed by atoms with Gasteiger partial charge in [-0.05, 0) is 73.8 Å². The summed E-state index contributed by atoms with van der Waals surface area (Å²) in [7, 11) is 0. The maximum Gasteiger partial charge on any atom is 0.231 e. The fourth-order valence-corrected chi connectivity index (χ4v) is 5.19. The van der Waals surface area contributed by atoms with Crippen molar-refractivity contribution in [3.05, 3.63) is 77.6 Å². The van der Waals surface area contributed by atoms with Crippen LogP contribution in [0.1, 0.15) is 24.0 Å². The van der Waals surface area contributed by atoms with Gasteiger partial charge < -0.3 is 19.1 Å². The number of hydrogen-bond acceptors (Lipinski definition) is 5. The van der Waals surface area contributed by atoms with Crippen LogP contribution in [0.25, 0.3) is 0 Å². The fourth-order valence-electron chi connectivity index (χ4n) is 5.19. The third-order valence-electron chi connectivity index (χ3n) is 6.89. The minimum Gasteiger partial charge on any atom is -0.487 e. The lowest BCUT2D eigenvalue weighted by atomic mass is 10.1. The van der Waals surface area contributed by atoms with Gasteiger partial charge in [-0.2, -0.15) is 0 Å². The molecular formula is C27H27FN2O3. The molecule has 0 spiro atoms. The molecule has 0 bridgehead atoms. The number of likely N-dealkylation sites (tertiary alicyclic amines) is 1. The van der Waals surface area contributed by atoms with Crippen molar-refractivity contribution in [1.82, 2.24) is 4.90 Å². The molecule has 170 valence electrons. The second kappa shape index (κ2) is 8.60. The highest BCUT2D eigenvalue weighted by atomic mass is 19.1. The van der Waals surface area contributed by atoms with Crippen LogP contribution in [0.3, 0.4) is 0 Å². The third-order valence-corrected chi connectivity index (χ3v) is 6.89. The first-order valence-corrected chi connectivity index (χ1v) is 11.6. The molecule has 0 amide bonds. The zero-order valence-corrected chi connectivity index (χ0v) is 18.5. The van der Waals surface area contributed by atoms with Gasteiger partial charge in [0, 0.05) is 30.4 Å². The maximum atomic E-state index is 14.0. The van der Waals surface area contributed by atoms with Crippen molar-refractivity contribution < 1.29 is 18.6 Å². The van der Waals surface area contributed by atoms with Gasteiger partial charge in [0.15, 0.2) is 11.5 Å². The summed E-state index contributed by atoms with van der Waals surface area (Å²) in [4.78, 5) is 4.91. The number of nitrogens with zero attached hydrogens (tertiary/aromatic N) is 2. The Bertz CT molecular complexity index is 1170. The molecule has 0 aliphatic carbocycles. The highest BCUT2D eigenvalue weighted by molar-refractivity contribution is 5.73. The maximum absolute atomic E-state index is 14.0. The zero-order chi connectivity index (χ0) is 22.2. The Kier molecular flexibility index (Phi) is 5.30. The average Bonchev–Trinajstić information content (AvgIpc) is 3.46. The summed E-state index contributed by atoms with van der Waals surface area (Å²) in [5, 5.41) is 0. The van der Waals surface area contributed by atoms with Gasteiger partial charge in [-0.25, -0.2) is 4.39 Å². The highest BCUT2D eigenvalue weighted by Gasteiger charge is 2.30. The molecule has 6 heteroatoms. The largest absolute Gasteiger partial charge is 0.487 e. The summed E-state index contributed by atoms with van der Waals surface area (Å²) in [6.07, 6.45) is 3.31. The van der Waals surface area contributed by atoms with Crippen LogP contribution >= 0.6 is 0 Å². The molecule has 33 heavy (non-hydrogen) atoms. The van der Waals surface area contributed by atoms with Crippen LogP contribution in [0.5, 0.6) is 17.2 Å². The lowest BCUT2D eigenvalue weighted by molar-refractivity contribution is 0.174.